The third-order valence-corrected chi connectivity index (χ3v) is 13.9. The van der Waals surface area contributed by atoms with Crippen LogP contribution in [0.5, 0.6) is 5.75 Å². The lowest BCUT2D eigenvalue weighted by molar-refractivity contribution is -0.438. The van der Waals surface area contributed by atoms with Gasteiger partial charge in [-0.25, -0.2) is 0 Å². The minimum Gasteiger partial charge on any atom is -0.494 e. The summed E-state index contributed by atoms with van der Waals surface area (Å²) in [6, 6.07) is 20.7. The maximum absolute atomic E-state index is 11.6. The zero-order chi connectivity index (χ0) is 43.0. The van der Waals surface area contributed by atoms with Crippen LogP contribution in [-0.4, -0.2) is 86.2 Å². The van der Waals surface area contributed by atoms with Crippen LogP contribution in [0.2, 0.25) is 0 Å². The molecule has 2 aliphatic rings. The lowest BCUT2D eigenvalue weighted by Gasteiger charge is -2.27. The highest BCUT2D eigenvalue weighted by molar-refractivity contribution is 7.86. The molecule has 15 heteroatoms. The molecule has 0 aromatic heterocycles. The van der Waals surface area contributed by atoms with E-state index < -0.39 is 41.2 Å². The first-order valence-electron chi connectivity index (χ1n) is 20.0. The molecule has 4 aromatic carbocycles. The van der Waals surface area contributed by atoms with Crippen molar-refractivity contribution < 1.29 is 48.2 Å². The second-order valence-electron chi connectivity index (χ2n) is 16.7. The summed E-state index contributed by atoms with van der Waals surface area (Å²) in [5.41, 5.74) is 6.53. The van der Waals surface area contributed by atoms with Crippen molar-refractivity contribution in [2.75, 3.05) is 41.9 Å². The lowest BCUT2D eigenvalue weighted by atomic mass is 9.78. The Bertz CT molecular complexity index is 2700. The second-order valence-corrected chi connectivity index (χ2v) is 21.4. The Balaban J connectivity index is 1.39. The molecule has 4 aromatic rings. The summed E-state index contributed by atoms with van der Waals surface area (Å²) in [7, 11) is -12.2. The van der Waals surface area contributed by atoms with Gasteiger partial charge in [0.25, 0.3) is 30.4 Å². The van der Waals surface area contributed by atoms with Crippen molar-refractivity contribution >= 4 is 69.0 Å². The summed E-state index contributed by atoms with van der Waals surface area (Å²) < 4.78 is 105. The Labute approximate surface area is 348 Å². The van der Waals surface area contributed by atoms with Gasteiger partial charge in [0.1, 0.15) is 12.3 Å². The van der Waals surface area contributed by atoms with Gasteiger partial charge in [-0.15, -0.1) is 0 Å². The van der Waals surface area contributed by atoms with E-state index in [1.54, 1.807) is 0 Å². The van der Waals surface area contributed by atoms with Crippen molar-refractivity contribution in [3.63, 3.8) is 0 Å². The van der Waals surface area contributed by atoms with E-state index in [1.165, 1.54) is 5.56 Å². The maximum atomic E-state index is 11.6. The van der Waals surface area contributed by atoms with Gasteiger partial charge in [0.15, 0.2) is 5.71 Å². The molecule has 12 nitrogen and oxygen atoms in total. The van der Waals surface area contributed by atoms with Crippen molar-refractivity contribution in [2.45, 2.75) is 84.0 Å². The largest absolute Gasteiger partial charge is 0.494 e. The van der Waals surface area contributed by atoms with E-state index in [1.807, 2.05) is 24.3 Å². The summed E-state index contributed by atoms with van der Waals surface area (Å²) in [5, 5.41) is 4.29. The van der Waals surface area contributed by atoms with Crippen molar-refractivity contribution in [1.29, 1.82) is 0 Å². The molecule has 0 amide bonds. The smallest absolute Gasteiger partial charge is 0.264 e. The van der Waals surface area contributed by atoms with Crippen LogP contribution < -0.4 is 9.64 Å². The lowest BCUT2D eigenvalue weighted by Crippen LogP contribution is -2.28. The van der Waals surface area contributed by atoms with Gasteiger partial charge >= 0.3 is 0 Å². The maximum Gasteiger partial charge on any atom is 0.264 e. The molecule has 0 spiro atoms. The van der Waals surface area contributed by atoms with Crippen LogP contribution in [0.15, 0.2) is 84.6 Å². The zero-order valence-electron chi connectivity index (χ0n) is 34.3. The van der Waals surface area contributed by atoms with Crippen LogP contribution in [0.4, 0.5) is 11.4 Å². The number of unbranched alkanes of at least 4 members (excludes halogenated alkanes) is 3. The molecule has 2 aliphatic heterocycles. The minimum absolute atomic E-state index is 0.271. The van der Waals surface area contributed by atoms with E-state index >= 15 is 0 Å². The Morgan fingerprint density at radius 2 is 1.25 bits per heavy atom. The Hall–Kier alpha value is -4.12. The van der Waals surface area contributed by atoms with Gasteiger partial charge in [-0.05, 0) is 110 Å². The number of allylic oxidation sites excluding steroid dienone is 4. The Morgan fingerprint density at radius 1 is 0.678 bits per heavy atom. The average Bonchev–Trinajstić information content (AvgIpc) is 3.48. The molecule has 3 N–H and O–H groups in total. The fourth-order valence-electron chi connectivity index (χ4n) is 8.75. The van der Waals surface area contributed by atoms with E-state index in [4.69, 9.17) is 9.29 Å². The van der Waals surface area contributed by atoms with Gasteiger partial charge in [-0.2, -0.15) is 29.8 Å². The zero-order valence-corrected chi connectivity index (χ0v) is 36.8. The number of anilines is 1. The number of benzene rings is 4. The number of hydrogen-bond acceptors (Lipinski definition) is 8. The molecule has 0 aliphatic carbocycles. The molecule has 0 saturated heterocycles. The monoisotopic (exact) mass is 867 g/mol. The Morgan fingerprint density at radius 3 is 1.92 bits per heavy atom. The number of rotatable bonds is 18. The number of fused-ring (bicyclic) bond motifs is 6. The SMILES string of the molecule is Cc1ccc2ccc3c(c2c1)C(C)(C)C(C=CC=C1N(CCCCS(=O)(=O)O)c2ccc4ccc(OCCCCS(=O)(=O)O)cc4c2C1(C)C)=[N+]3CCCCS(=O)(=O)O. The molecule has 59 heavy (non-hydrogen) atoms. The minimum atomic E-state index is -4.11. The van der Waals surface area contributed by atoms with Gasteiger partial charge in [0, 0.05) is 47.5 Å². The molecular formula is C44H55N2O10S3+. The molecule has 0 unspecified atom stereocenters. The van der Waals surface area contributed by atoms with Gasteiger partial charge in [-0.1, -0.05) is 55.8 Å². The predicted molar refractivity (Wildman–Crippen MR) is 235 cm³/mol. The first-order chi connectivity index (χ1) is 27.6. The molecule has 0 bridgehead atoms. The molecule has 2 heterocycles. The van der Waals surface area contributed by atoms with Crippen molar-refractivity contribution in [1.82, 2.24) is 0 Å². The highest BCUT2D eigenvalue weighted by Crippen LogP contribution is 2.51. The van der Waals surface area contributed by atoms with Crippen molar-refractivity contribution in [2.24, 2.45) is 0 Å². The first-order valence-corrected chi connectivity index (χ1v) is 24.8. The van der Waals surface area contributed by atoms with E-state index in [0.717, 1.165) is 55.5 Å². The third-order valence-electron chi connectivity index (χ3n) is 11.5. The Kier molecular flexibility index (Phi) is 12.9. The fraction of sp³-hybridized carbons (Fsp3) is 0.432. The molecule has 0 radical (unpaired) electrons. The molecule has 0 saturated carbocycles. The quantitative estimate of drug-likeness (QED) is 0.0498. The number of hydrogen-bond donors (Lipinski definition) is 3. The summed E-state index contributed by atoms with van der Waals surface area (Å²) in [6.45, 7) is 12.1. The summed E-state index contributed by atoms with van der Waals surface area (Å²) in [6.07, 6.45) is 8.65. The van der Waals surface area contributed by atoms with E-state index in [0.29, 0.717) is 44.5 Å². The topological polar surface area (TPSA) is 179 Å². The van der Waals surface area contributed by atoms with Crippen LogP contribution in [0.25, 0.3) is 21.5 Å². The number of aryl methyl sites for hydroxylation is 1. The molecular weight excluding hydrogens is 813 g/mol. The van der Waals surface area contributed by atoms with Gasteiger partial charge in [0.05, 0.1) is 29.3 Å². The van der Waals surface area contributed by atoms with Gasteiger partial charge in [-0.3, -0.25) is 13.7 Å². The fourth-order valence-corrected chi connectivity index (χ4v) is 10.5. The molecule has 0 fully saturated rings. The first kappa shape index (κ1) is 44.4. The van der Waals surface area contributed by atoms with Gasteiger partial charge < -0.3 is 9.64 Å². The van der Waals surface area contributed by atoms with Crippen molar-refractivity contribution in [3.05, 3.63) is 101 Å². The standard InChI is InChI=1S/C44H54N2O10S3/c1-31-15-16-32-18-21-37-41(35(32)29-31)43(2,3)39(45(37)23-6-9-26-57(47,48)49)13-12-14-40-44(4,5)42-36-30-34(56-25-8-11-28-59(53,54)55)20-17-33(36)19-22-38(42)46(40)24-7-10-27-58(50,51)52/h12-22,29-30H,6-11,23-28H2,1-5H3,(H2-,47,48,49,50,51,52,53,54,55)/p+1. The normalized spacial score (nSPS) is 17.2. The summed E-state index contributed by atoms with van der Waals surface area (Å²) >= 11 is 0. The summed E-state index contributed by atoms with van der Waals surface area (Å²) in [5.74, 6) is -0.333. The predicted octanol–water partition coefficient (Wildman–Crippen LogP) is 8.30. The van der Waals surface area contributed by atoms with Crippen LogP contribution in [0, 0.1) is 6.92 Å². The van der Waals surface area contributed by atoms with E-state index in [-0.39, 0.29) is 36.7 Å². The van der Waals surface area contributed by atoms with E-state index in [2.05, 4.69) is 98.7 Å². The second kappa shape index (κ2) is 17.1. The van der Waals surface area contributed by atoms with Gasteiger partial charge in [0.2, 0.25) is 5.69 Å². The molecule has 6 rings (SSSR count). The highest BCUT2D eigenvalue weighted by Gasteiger charge is 2.46. The third kappa shape index (κ3) is 10.3. The van der Waals surface area contributed by atoms with Crippen molar-refractivity contribution in [3.8, 4) is 5.75 Å². The van der Waals surface area contributed by atoms with E-state index in [9.17, 15) is 34.4 Å². The van der Waals surface area contributed by atoms with Crippen LogP contribution in [0.1, 0.15) is 82.9 Å². The van der Waals surface area contributed by atoms with Crippen LogP contribution >= 0.6 is 0 Å². The summed E-state index contributed by atoms with van der Waals surface area (Å²) in [4.78, 5) is 2.22. The number of nitrogens with zero attached hydrogens (tertiary/aromatic N) is 2. The highest BCUT2D eigenvalue weighted by atomic mass is 32.2. The molecule has 318 valence electrons. The van der Waals surface area contributed by atoms with Crippen LogP contribution in [0.3, 0.4) is 0 Å². The van der Waals surface area contributed by atoms with Crippen LogP contribution in [-0.2, 0) is 41.2 Å². The average molecular weight is 868 g/mol. The number of ether oxygens (including phenoxy) is 1. The molecule has 0 atom stereocenters.